The van der Waals surface area contributed by atoms with Crippen LogP contribution >= 0.6 is 0 Å². The molecule has 0 N–H and O–H groups in total. The third-order valence-corrected chi connectivity index (χ3v) is 3.20. The number of fused-ring (bicyclic) bond motifs is 2. The van der Waals surface area contributed by atoms with E-state index in [1.165, 1.54) is 25.9 Å². The molecule has 0 aromatic rings. The van der Waals surface area contributed by atoms with Gasteiger partial charge in [-0.15, -0.1) is 0 Å². The molecular weight excluding hydrogens is 138 g/mol. The summed E-state index contributed by atoms with van der Waals surface area (Å²) in [6.45, 7) is 2.49. The van der Waals surface area contributed by atoms with E-state index in [0.717, 1.165) is 11.8 Å². The van der Waals surface area contributed by atoms with Crippen LogP contribution in [-0.2, 0) is 4.74 Å². The topological polar surface area (TPSA) is 12.5 Å². The molecule has 1 saturated carbocycles. The van der Waals surface area contributed by atoms with Crippen LogP contribution in [0.4, 0.5) is 0 Å². The number of likely N-dealkylation sites (tertiary alicyclic amines) is 1. The van der Waals surface area contributed by atoms with Crippen molar-refractivity contribution in [2.75, 3.05) is 27.2 Å². The van der Waals surface area contributed by atoms with Gasteiger partial charge in [-0.3, -0.25) is 0 Å². The lowest BCUT2D eigenvalue weighted by atomic mass is 9.95. The molecule has 2 nitrogen and oxygen atoms in total. The summed E-state index contributed by atoms with van der Waals surface area (Å²) >= 11 is 0. The van der Waals surface area contributed by atoms with Crippen molar-refractivity contribution in [1.82, 2.24) is 4.90 Å². The van der Waals surface area contributed by atoms with E-state index >= 15 is 0 Å². The van der Waals surface area contributed by atoms with Gasteiger partial charge in [0.05, 0.1) is 6.10 Å². The third-order valence-electron chi connectivity index (χ3n) is 3.20. The van der Waals surface area contributed by atoms with E-state index in [2.05, 4.69) is 11.9 Å². The van der Waals surface area contributed by atoms with E-state index in [4.69, 9.17) is 4.74 Å². The van der Waals surface area contributed by atoms with Crippen molar-refractivity contribution in [1.29, 1.82) is 0 Å². The summed E-state index contributed by atoms with van der Waals surface area (Å²) in [5.41, 5.74) is 0. The fraction of sp³-hybridized carbons (Fsp3) is 1.00. The van der Waals surface area contributed by atoms with E-state index in [1.54, 1.807) is 0 Å². The van der Waals surface area contributed by atoms with Crippen LogP contribution in [0.2, 0.25) is 0 Å². The SMILES string of the molecule is COC1[C@@H]2CC[C@H]1CN(C)C2. The van der Waals surface area contributed by atoms with Gasteiger partial charge in [-0.05, 0) is 31.7 Å². The highest BCUT2D eigenvalue weighted by Gasteiger charge is 2.40. The average Bonchev–Trinajstić information content (AvgIpc) is 2.23. The van der Waals surface area contributed by atoms with Crippen molar-refractivity contribution in [3.63, 3.8) is 0 Å². The van der Waals surface area contributed by atoms with Crippen LogP contribution in [0.25, 0.3) is 0 Å². The molecule has 0 radical (unpaired) electrons. The Bertz CT molecular complexity index is 134. The highest BCUT2D eigenvalue weighted by atomic mass is 16.5. The zero-order chi connectivity index (χ0) is 7.84. The van der Waals surface area contributed by atoms with Crippen molar-refractivity contribution in [3.8, 4) is 0 Å². The van der Waals surface area contributed by atoms with Gasteiger partial charge < -0.3 is 9.64 Å². The Hall–Kier alpha value is -0.0800. The average molecular weight is 155 g/mol. The number of piperidine rings is 1. The Morgan fingerprint density at radius 1 is 1.18 bits per heavy atom. The van der Waals surface area contributed by atoms with E-state index in [1.807, 2.05) is 7.11 Å². The Balaban J connectivity index is 2.06. The largest absolute Gasteiger partial charge is 0.381 e. The highest BCUT2D eigenvalue weighted by molar-refractivity contribution is 4.92. The molecule has 11 heavy (non-hydrogen) atoms. The summed E-state index contributed by atoms with van der Waals surface area (Å²) in [6, 6.07) is 0. The molecule has 3 atom stereocenters. The molecule has 0 spiro atoms. The molecule has 1 heterocycles. The van der Waals surface area contributed by atoms with Crippen LogP contribution in [0, 0.1) is 11.8 Å². The molecule has 2 bridgehead atoms. The summed E-state index contributed by atoms with van der Waals surface area (Å²) in [4.78, 5) is 2.44. The van der Waals surface area contributed by atoms with Gasteiger partial charge >= 0.3 is 0 Å². The molecule has 1 aliphatic carbocycles. The van der Waals surface area contributed by atoms with Gasteiger partial charge in [0.15, 0.2) is 0 Å². The maximum Gasteiger partial charge on any atom is 0.0652 e. The summed E-state index contributed by atoms with van der Waals surface area (Å²) in [5.74, 6) is 1.65. The van der Waals surface area contributed by atoms with E-state index in [9.17, 15) is 0 Å². The number of hydrogen-bond donors (Lipinski definition) is 0. The number of hydrogen-bond acceptors (Lipinski definition) is 2. The zero-order valence-electron chi connectivity index (χ0n) is 7.42. The lowest BCUT2D eigenvalue weighted by Crippen LogP contribution is -2.43. The molecule has 2 rings (SSSR count). The number of nitrogens with zero attached hydrogens (tertiary/aromatic N) is 1. The van der Waals surface area contributed by atoms with Crippen LogP contribution in [0.3, 0.4) is 0 Å². The Morgan fingerprint density at radius 3 is 2.18 bits per heavy atom. The summed E-state index contributed by atoms with van der Waals surface area (Å²) in [5, 5.41) is 0. The minimum Gasteiger partial charge on any atom is -0.381 e. The van der Waals surface area contributed by atoms with Gasteiger partial charge in [0.25, 0.3) is 0 Å². The Kier molecular flexibility index (Phi) is 1.90. The van der Waals surface area contributed by atoms with E-state index < -0.39 is 0 Å². The predicted octanol–water partition coefficient (Wildman–Crippen LogP) is 0.973. The summed E-state index contributed by atoms with van der Waals surface area (Å²) in [6.07, 6.45) is 3.34. The molecule has 1 unspecified atom stereocenters. The van der Waals surface area contributed by atoms with Gasteiger partial charge in [0.2, 0.25) is 0 Å². The molecule has 0 aromatic carbocycles. The van der Waals surface area contributed by atoms with Crippen LogP contribution in [0.1, 0.15) is 12.8 Å². The van der Waals surface area contributed by atoms with Crippen molar-refractivity contribution >= 4 is 0 Å². The van der Waals surface area contributed by atoms with Gasteiger partial charge in [0.1, 0.15) is 0 Å². The first-order chi connectivity index (χ1) is 5.31. The highest BCUT2D eigenvalue weighted by Crippen LogP contribution is 2.37. The lowest BCUT2D eigenvalue weighted by molar-refractivity contribution is -0.00886. The molecule has 64 valence electrons. The van der Waals surface area contributed by atoms with Crippen molar-refractivity contribution < 1.29 is 4.74 Å². The number of rotatable bonds is 1. The molecule has 1 aliphatic heterocycles. The fourth-order valence-electron chi connectivity index (χ4n) is 2.79. The monoisotopic (exact) mass is 155 g/mol. The van der Waals surface area contributed by atoms with E-state index in [0.29, 0.717) is 6.10 Å². The Labute approximate surface area is 68.5 Å². The molecule has 1 saturated heterocycles. The van der Waals surface area contributed by atoms with Gasteiger partial charge in [-0.1, -0.05) is 0 Å². The van der Waals surface area contributed by atoms with Crippen molar-refractivity contribution in [3.05, 3.63) is 0 Å². The predicted molar refractivity (Wildman–Crippen MR) is 44.5 cm³/mol. The maximum absolute atomic E-state index is 5.50. The third kappa shape index (κ3) is 1.18. The number of ether oxygens (including phenoxy) is 1. The lowest BCUT2D eigenvalue weighted by Gasteiger charge is -2.34. The normalized spacial score (nSPS) is 44.7. The minimum atomic E-state index is 0.575. The molecule has 2 aliphatic rings. The molecule has 0 aromatic heterocycles. The maximum atomic E-state index is 5.50. The molecule has 2 heteroatoms. The standard InChI is InChI=1S/C9H17NO/c1-10-5-7-3-4-8(6-10)9(7)11-2/h7-9H,3-6H2,1-2H3/t7-,8+,9?. The Morgan fingerprint density at radius 2 is 1.73 bits per heavy atom. The van der Waals surface area contributed by atoms with Crippen molar-refractivity contribution in [2.24, 2.45) is 11.8 Å². The summed E-state index contributed by atoms with van der Waals surface area (Å²) < 4.78 is 5.50. The second kappa shape index (κ2) is 2.76. The second-order valence-corrected chi connectivity index (χ2v) is 4.02. The van der Waals surface area contributed by atoms with Gasteiger partial charge in [-0.2, -0.15) is 0 Å². The van der Waals surface area contributed by atoms with E-state index in [-0.39, 0.29) is 0 Å². The van der Waals surface area contributed by atoms with Crippen molar-refractivity contribution in [2.45, 2.75) is 18.9 Å². The smallest absolute Gasteiger partial charge is 0.0652 e. The quantitative estimate of drug-likeness (QED) is 0.559. The molecule has 2 fully saturated rings. The molecule has 0 amide bonds. The van der Waals surface area contributed by atoms with Crippen LogP contribution < -0.4 is 0 Å². The second-order valence-electron chi connectivity index (χ2n) is 4.02. The van der Waals surface area contributed by atoms with Crippen LogP contribution in [-0.4, -0.2) is 38.3 Å². The first kappa shape index (κ1) is 7.56. The first-order valence-corrected chi connectivity index (χ1v) is 4.52. The minimum absolute atomic E-state index is 0.575. The first-order valence-electron chi connectivity index (χ1n) is 4.52. The van der Waals surface area contributed by atoms with Gasteiger partial charge in [-0.25, -0.2) is 0 Å². The summed E-state index contributed by atoms with van der Waals surface area (Å²) in [7, 11) is 4.08. The van der Waals surface area contributed by atoms with Gasteiger partial charge in [0, 0.05) is 20.2 Å². The number of methoxy groups -OCH3 is 1. The molecular formula is C9H17NO. The zero-order valence-corrected chi connectivity index (χ0v) is 7.42. The fourth-order valence-corrected chi connectivity index (χ4v) is 2.79. The van der Waals surface area contributed by atoms with Crippen LogP contribution in [0.15, 0.2) is 0 Å². The van der Waals surface area contributed by atoms with Crippen LogP contribution in [0.5, 0.6) is 0 Å².